The summed E-state index contributed by atoms with van der Waals surface area (Å²) in [6, 6.07) is 7.69. The summed E-state index contributed by atoms with van der Waals surface area (Å²) < 4.78 is 0.981. The van der Waals surface area contributed by atoms with Crippen molar-refractivity contribution < 1.29 is 0 Å². The molecule has 1 saturated heterocycles. The number of nitrogens with zero attached hydrogens (tertiary/aromatic N) is 1. The van der Waals surface area contributed by atoms with E-state index in [1.54, 1.807) is 0 Å². The van der Waals surface area contributed by atoms with Crippen molar-refractivity contribution in [1.82, 2.24) is 10.2 Å². The van der Waals surface area contributed by atoms with Crippen molar-refractivity contribution in [2.45, 2.75) is 37.8 Å². The number of benzene rings is 1. The van der Waals surface area contributed by atoms with Crippen molar-refractivity contribution in [3.8, 4) is 0 Å². The lowest BCUT2D eigenvalue weighted by molar-refractivity contribution is 0.119. The van der Waals surface area contributed by atoms with Crippen molar-refractivity contribution in [3.63, 3.8) is 0 Å². The zero-order chi connectivity index (χ0) is 14.1. The Balaban J connectivity index is 1.78. The van der Waals surface area contributed by atoms with E-state index in [1.165, 1.54) is 37.8 Å². The number of rotatable bonds is 4. The molecule has 2 atom stereocenters. The van der Waals surface area contributed by atoms with Gasteiger partial charge in [0.1, 0.15) is 0 Å². The number of likely N-dealkylation sites (tertiary alicyclic amines) is 1. The zero-order valence-corrected chi connectivity index (χ0v) is 14.3. The molecule has 2 aliphatic rings. The molecule has 0 spiro atoms. The number of halogens is 2. The van der Waals surface area contributed by atoms with Crippen molar-refractivity contribution in [1.29, 1.82) is 0 Å². The molecule has 20 heavy (non-hydrogen) atoms. The molecule has 110 valence electrons. The van der Waals surface area contributed by atoms with Crippen LogP contribution in [0.25, 0.3) is 0 Å². The highest BCUT2D eigenvalue weighted by molar-refractivity contribution is 9.10. The largest absolute Gasteiger partial charge is 0.314 e. The first kappa shape index (κ1) is 14.8. The van der Waals surface area contributed by atoms with Gasteiger partial charge in [0.2, 0.25) is 0 Å². The number of hydrogen-bond acceptors (Lipinski definition) is 2. The molecule has 0 aromatic heterocycles. The minimum Gasteiger partial charge on any atom is -0.314 e. The van der Waals surface area contributed by atoms with Crippen LogP contribution in [0.5, 0.6) is 0 Å². The normalized spacial score (nSPS) is 27.8. The van der Waals surface area contributed by atoms with Crippen LogP contribution >= 0.6 is 27.5 Å². The fourth-order valence-electron chi connectivity index (χ4n) is 3.30. The van der Waals surface area contributed by atoms with Crippen LogP contribution in [0.1, 0.15) is 37.3 Å². The number of piperidine rings is 1. The molecule has 0 amide bonds. The van der Waals surface area contributed by atoms with Gasteiger partial charge in [-0.15, -0.1) is 0 Å². The number of hydrogen-bond donors (Lipinski definition) is 1. The summed E-state index contributed by atoms with van der Waals surface area (Å²) in [7, 11) is 2.24. The van der Waals surface area contributed by atoms with Crippen LogP contribution in [-0.4, -0.2) is 31.1 Å². The van der Waals surface area contributed by atoms with Gasteiger partial charge in [-0.3, -0.25) is 4.90 Å². The fourth-order valence-corrected chi connectivity index (χ4v) is 3.74. The predicted octanol–water partition coefficient (Wildman–Crippen LogP) is 4.24. The van der Waals surface area contributed by atoms with Gasteiger partial charge in [0.15, 0.2) is 0 Å². The molecule has 1 heterocycles. The van der Waals surface area contributed by atoms with Crippen molar-refractivity contribution >= 4 is 27.5 Å². The summed E-state index contributed by atoms with van der Waals surface area (Å²) in [4.78, 5) is 2.49. The van der Waals surface area contributed by atoms with Gasteiger partial charge in [-0.25, -0.2) is 0 Å². The molecule has 4 heteroatoms. The molecule has 1 N–H and O–H groups in total. The molecule has 0 radical (unpaired) electrons. The Bertz CT molecular complexity index is 476. The average molecular weight is 358 g/mol. The lowest BCUT2D eigenvalue weighted by Crippen LogP contribution is -2.40. The third-order valence-electron chi connectivity index (χ3n) is 4.54. The highest BCUT2D eigenvalue weighted by Gasteiger charge is 2.32. The van der Waals surface area contributed by atoms with Crippen LogP contribution in [0.15, 0.2) is 22.7 Å². The molecule has 1 aromatic rings. The monoisotopic (exact) mass is 356 g/mol. The van der Waals surface area contributed by atoms with Crippen molar-refractivity contribution in [2.24, 2.45) is 5.92 Å². The van der Waals surface area contributed by atoms with Crippen molar-refractivity contribution in [3.05, 3.63) is 33.3 Å². The fraction of sp³-hybridized carbons (Fsp3) is 0.625. The zero-order valence-electron chi connectivity index (χ0n) is 11.9. The number of nitrogens with one attached hydrogen (secondary N) is 1. The van der Waals surface area contributed by atoms with E-state index >= 15 is 0 Å². The second-order valence-corrected chi connectivity index (χ2v) is 7.45. The topological polar surface area (TPSA) is 15.3 Å². The molecule has 3 rings (SSSR count). The Morgan fingerprint density at radius 2 is 2.15 bits per heavy atom. The van der Waals surface area contributed by atoms with Gasteiger partial charge in [0.05, 0.1) is 5.02 Å². The second-order valence-electron chi connectivity index (χ2n) is 6.18. The standard InChI is InChI=1S/C16H22BrClN2/c1-20-8-2-3-12(10-19-13-5-6-13)16(20)11-4-7-14(17)15(18)9-11/h4,7,9,12-13,16,19H,2-3,5-6,8,10H2,1H3. The Hall–Kier alpha value is -0.0900. The van der Waals surface area contributed by atoms with E-state index in [0.29, 0.717) is 12.0 Å². The third kappa shape index (κ3) is 3.38. The highest BCUT2D eigenvalue weighted by atomic mass is 79.9. The van der Waals surface area contributed by atoms with E-state index in [1.807, 2.05) is 0 Å². The molecular formula is C16H22BrClN2. The molecule has 2 nitrogen and oxygen atoms in total. The molecule has 2 fully saturated rings. The summed E-state index contributed by atoms with van der Waals surface area (Å²) in [5.41, 5.74) is 1.35. The van der Waals surface area contributed by atoms with Crippen LogP contribution in [0.4, 0.5) is 0 Å². The summed E-state index contributed by atoms with van der Waals surface area (Å²) in [5, 5.41) is 4.52. The van der Waals surface area contributed by atoms with Gasteiger partial charge in [0, 0.05) is 23.1 Å². The summed E-state index contributed by atoms with van der Waals surface area (Å²) in [6.45, 7) is 2.31. The van der Waals surface area contributed by atoms with Crippen LogP contribution in [0.2, 0.25) is 5.02 Å². The molecular weight excluding hydrogens is 336 g/mol. The summed E-state index contributed by atoms with van der Waals surface area (Å²) >= 11 is 9.77. The van der Waals surface area contributed by atoms with Gasteiger partial charge in [0.25, 0.3) is 0 Å². The van der Waals surface area contributed by atoms with Crippen LogP contribution in [0.3, 0.4) is 0 Å². The van der Waals surface area contributed by atoms with E-state index in [2.05, 4.69) is 51.4 Å². The predicted molar refractivity (Wildman–Crippen MR) is 88.3 cm³/mol. The Morgan fingerprint density at radius 1 is 1.35 bits per heavy atom. The van der Waals surface area contributed by atoms with Gasteiger partial charge in [-0.05, 0) is 78.8 Å². The summed E-state index contributed by atoms with van der Waals surface area (Å²) in [6.07, 6.45) is 5.32. The smallest absolute Gasteiger partial charge is 0.0551 e. The van der Waals surface area contributed by atoms with E-state index in [4.69, 9.17) is 11.6 Å². The van der Waals surface area contributed by atoms with Crippen LogP contribution in [-0.2, 0) is 0 Å². The average Bonchev–Trinajstić information content (AvgIpc) is 3.24. The molecule has 1 saturated carbocycles. The van der Waals surface area contributed by atoms with E-state index in [0.717, 1.165) is 22.1 Å². The van der Waals surface area contributed by atoms with E-state index in [-0.39, 0.29) is 0 Å². The van der Waals surface area contributed by atoms with Gasteiger partial charge in [-0.2, -0.15) is 0 Å². The Labute approximate surface area is 135 Å². The minimum atomic E-state index is 0.487. The molecule has 1 aliphatic heterocycles. The first-order valence-electron chi connectivity index (χ1n) is 7.53. The summed E-state index contributed by atoms with van der Waals surface area (Å²) in [5.74, 6) is 0.687. The Morgan fingerprint density at radius 3 is 2.85 bits per heavy atom. The Kier molecular flexibility index (Phi) is 4.71. The SMILES string of the molecule is CN1CCCC(CNC2CC2)C1c1ccc(Br)c(Cl)c1. The van der Waals surface area contributed by atoms with E-state index < -0.39 is 0 Å². The molecule has 2 unspecified atom stereocenters. The molecule has 1 aliphatic carbocycles. The maximum absolute atomic E-state index is 6.28. The van der Waals surface area contributed by atoms with Gasteiger partial charge < -0.3 is 5.32 Å². The highest BCUT2D eigenvalue weighted by Crippen LogP contribution is 2.37. The maximum atomic E-state index is 6.28. The molecule has 0 bridgehead atoms. The van der Waals surface area contributed by atoms with Gasteiger partial charge >= 0.3 is 0 Å². The molecule has 1 aromatic carbocycles. The van der Waals surface area contributed by atoms with Crippen LogP contribution < -0.4 is 5.32 Å². The van der Waals surface area contributed by atoms with Crippen molar-refractivity contribution in [2.75, 3.05) is 20.1 Å². The lowest BCUT2D eigenvalue weighted by Gasteiger charge is -2.40. The first-order valence-corrected chi connectivity index (χ1v) is 8.71. The maximum Gasteiger partial charge on any atom is 0.0551 e. The van der Waals surface area contributed by atoms with Gasteiger partial charge in [-0.1, -0.05) is 17.7 Å². The van der Waals surface area contributed by atoms with Crippen LogP contribution in [0, 0.1) is 5.92 Å². The lowest BCUT2D eigenvalue weighted by atomic mass is 9.85. The first-order chi connectivity index (χ1) is 9.65. The quantitative estimate of drug-likeness (QED) is 0.867. The third-order valence-corrected chi connectivity index (χ3v) is 5.77. The second kappa shape index (κ2) is 6.35. The van der Waals surface area contributed by atoms with E-state index in [9.17, 15) is 0 Å². The minimum absolute atomic E-state index is 0.487.